The summed E-state index contributed by atoms with van der Waals surface area (Å²) in [4.78, 5) is 24.4. The van der Waals surface area contributed by atoms with Gasteiger partial charge in [-0.15, -0.1) is 0 Å². The van der Waals surface area contributed by atoms with Crippen LogP contribution in [0.2, 0.25) is 0 Å². The highest BCUT2D eigenvalue weighted by atomic mass is 16.5. The average Bonchev–Trinajstić information content (AvgIpc) is 2.98. The van der Waals surface area contributed by atoms with E-state index in [9.17, 15) is 9.59 Å². The molecule has 0 atom stereocenters. The van der Waals surface area contributed by atoms with Crippen molar-refractivity contribution in [2.24, 2.45) is 0 Å². The zero-order chi connectivity index (χ0) is 19.0. The molecular formula is C23H19NO3. The molecule has 1 N–H and O–H groups in total. The maximum Gasteiger partial charge on any atom is 0.296 e. The molecule has 1 heterocycles. The number of fused-ring (bicyclic) bond motifs is 1. The predicted octanol–water partition coefficient (Wildman–Crippen LogP) is 4.40. The quantitative estimate of drug-likeness (QED) is 0.704. The van der Waals surface area contributed by atoms with E-state index in [1.54, 1.807) is 7.11 Å². The van der Waals surface area contributed by atoms with E-state index in [2.05, 4.69) is 5.32 Å². The van der Waals surface area contributed by atoms with E-state index in [0.29, 0.717) is 17.7 Å². The number of hydrogen-bond donors (Lipinski definition) is 1. The van der Waals surface area contributed by atoms with E-state index in [1.807, 2.05) is 67.6 Å². The van der Waals surface area contributed by atoms with Gasteiger partial charge in [-0.25, -0.2) is 0 Å². The Balaban J connectivity index is 1.85. The second kappa shape index (κ2) is 6.72. The summed E-state index contributed by atoms with van der Waals surface area (Å²) in [7, 11) is 1.63. The number of carbonyl (C=O) groups is 2. The van der Waals surface area contributed by atoms with E-state index in [0.717, 1.165) is 28.0 Å². The number of carbonyl (C=O) groups excluding carboxylic acids is 2. The van der Waals surface area contributed by atoms with Crippen molar-refractivity contribution in [2.45, 2.75) is 13.3 Å². The first-order valence-corrected chi connectivity index (χ1v) is 8.78. The van der Waals surface area contributed by atoms with Crippen LogP contribution >= 0.6 is 0 Å². The number of ketones is 1. The lowest BCUT2D eigenvalue weighted by Gasteiger charge is -2.14. The fourth-order valence-corrected chi connectivity index (χ4v) is 3.44. The molecule has 1 amide bonds. The highest BCUT2D eigenvalue weighted by Gasteiger charge is 2.32. The molecule has 3 aromatic rings. The lowest BCUT2D eigenvalue weighted by atomic mass is 9.89. The van der Waals surface area contributed by atoms with E-state index in [1.165, 1.54) is 5.56 Å². The average molecular weight is 357 g/mol. The number of hydrogen-bond acceptors (Lipinski definition) is 3. The van der Waals surface area contributed by atoms with Gasteiger partial charge in [0.1, 0.15) is 5.75 Å². The molecule has 4 nitrogen and oxygen atoms in total. The number of Topliss-reactive ketones (excluding diaryl/α,β-unsaturated/α-hetero) is 1. The second-order valence-corrected chi connectivity index (χ2v) is 6.69. The lowest BCUT2D eigenvalue weighted by molar-refractivity contribution is -0.112. The Morgan fingerprint density at radius 2 is 1.59 bits per heavy atom. The van der Waals surface area contributed by atoms with Gasteiger partial charge in [0.05, 0.1) is 18.4 Å². The summed E-state index contributed by atoms with van der Waals surface area (Å²) < 4.78 is 5.22. The number of benzene rings is 3. The van der Waals surface area contributed by atoms with Crippen LogP contribution in [0.25, 0.3) is 11.1 Å². The van der Waals surface area contributed by atoms with Crippen molar-refractivity contribution in [3.8, 4) is 16.9 Å². The van der Waals surface area contributed by atoms with E-state index in [-0.39, 0.29) is 0 Å². The summed E-state index contributed by atoms with van der Waals surface area (Å²) >= 11 is 0. The number of methoxy groups -OCH3 is 1. The van der Waals surface area contributed by atoms with Crippen LogP contribution in [0.5, 0.6) is 5.75 Å². The zero-order valence-corrected chi connectivity index (χ0v) is 15.2. The number of aryl methyl sites for hydroxylation is 1. The van der Waals surface area contributed by atoms with Gasteiger partial charge >= 0.3 is 0 Å². The van der Waals surface area contributed by atoms with Crippen LogP contribution in [-0.2, 0) is 11.2 Å². The Hall–Kier alpha value is -3.40. The normalized spacial score (nSPS) is 12.7. The van der Waals surface area contributed by atoms with Crippen LogP contribution in [0.3, 0.4) is 0 Å². The molecule has 0 unspecified atom stereocenters. The maximum absolute atomic E-state index is 12.5. The van der Waals surface area contributed by atoms with Crippen molar-refractivity contribution in [2.75, 3.05) is 12.4 Å². The predicted molar refractivity (Wildman–Crippen MR) is 105 cm³/mol. The van der Waals surface area contributed by atoms with Crippen molar-refractivity contribution in [3.63, 3.8) is 0 Å². The Bertz CT molecular complexity index is 1030. The summed E-state index contributed by atoms with van der Waals surface area (Å²) in [6.07, 6.45) is 0.553. The summed E-state index contributed by atoms with van der Waals surface area (Å²) in [5, 5.41) is 2.67. The lowest BCUT2D eigenvalue weighted by Crippen LogP contribution is -2.13. The summed E-state index contributed by atoms with van der Waals surface area (Å²) in [6, 6.07) is 19.7. The first-order chi connectivity index (χ1) is 13.1. The summed E-state index contributed by atoms with van der Waals surface area (Å²) in [6.45, 7) is 2.04. The van der Waals surface area contributed by atoms with Gasteiger partial charge in [-0.2, -0.15) is 0 Å². The van der Waals surface area contributed by atoms with Gasteiger partial charge < -0.3 is 10.1 Å². The van der Waals surface area contributed by atoms with Crippen LogP contribution in [0, 0.1) is 6.92 Å². The largest absolute Gasteiger partial charge is 0.497 e. The van der Waals surface area contributed by atoms with E-state index in [4.69, 9.17) is 4.74 Å². The SMILES string of the molecule is COc1ccc(Cc2c(-c3ccc(C)cc3)ccc3c2C(=O)C(=O)N3)cc1. The standard InChI is InChI=1S/C23H19NO3/c1-14-3-7-16(8-4-14)18-11-12-20-21(22(25)23(26)24-20)19(18)13-15-5-9-17(27-2)10-6-15/h3-12H,13H2,1-2H3,(H,24,25,26). The first-order valence-electron chi connectivity index (χ1n) is 8.78. The van der Waals surface area contributed by atoms with Gasteiger partial charge in [-0.1, -0.05) is 48.0 Å². The molecule has 0 fully saturated rings. The fourth-order valence-electron chi connectivity index (χ4n) is 3.44. The van der Waals surface area contributed by atoms with Gasteiger partial charge in [0.15, 0.2) is 0 Å². The molecule has 3 aromatic carbocycles. The molecule has 0 radical (unpaired) electrons. The smallest absolute Gasteiger partial charge is 0.296 e. The third-order valence-corrected chi connectivity index (χ3v) is 4.90. The Morgan fingerprint density at radius 1 is 0.889 bits per heavy atom. The number of rotatable bonds is 4. The van der Waals surface area contributed by atoms with Gasteiger partial charge in [0, 0.05) is 0 Å². The maximum atomic E-state index is 12.5. The van der Waals surface area contributed by atoms with Crippen LogP contribution in [0.1, 0.15) is 27.0 Å². The van der Waals surface area contributed by atoms with Gasteiger partial charge in [-0.05, 0) is 53.8 Å². The number of anilines is 1. The van der Waals surface area contributed by atoms with E-state index < -0.39 is 11.7 Å². The molecule has 1 aliphatic rings. The highest BCUT2D eigenvalue weighted by Crippen LogP contribution is 2.36. The molecule has 0 spiro atoms. The topological polar surface area (TPSA) is 55.4 Å². The second-order valence-electron chi connectivity index (χ2n) is 6.69. The molecule has 27 heavy (non-hydrogen) atoms. The van der Waals surface area contributed by atoms with Gasteiger partial charge in [-0.3, -0.25) is 9.59 Å². The number of ether oxygens (including phenoxy) is 1. The third-order valence-electron chi connectivity index (χ3n) is 4.90. The van der Waals surface area contributed by atoms with Gasteiger partial charge in [0.2, 0.25) is 0 Å². The summed E-state index contributed by atoms with van der Waals surface area (Å²) in [5.74, 6) is -0.256. The van der Waals surface area contributed by atoms with E-state index >= 15 is 0 Å². The van der Waals surface area contributed by atoms with Crippen molar-refractivity contribution in [1.29, 1.82) is 0 Å². The van der Waals surface area contributed by atoms with Crippen LogP contribution in [-0.4, -0.2) is 18.8 Å². The van der Waals surface area contributed by atoms with Crippen LogP contribution < -0.4 is 10.1 Å². The molecule has 0 bridgehead atoms. The van der Waals surface area contributed by atoms with Gasteiger partial charge in [0.25, 0.3) is 11.7 Å². The molecule has 134 valence electrons. The number of amides is 1. The molecule has 0 aromatic heterocycles. The molecule has 4 heteroatoms. The minimum atomic E-state index is -0.568. The Kier molecular flexibility index (Phi) is 4.24. The molecule has 4 rings (SSSR count). The zero-order valence-electron chi connectivity index (χ0n) is 15.2. The minimum Gasteiger partial charge on any atom is -0.497 e. The minimum absolute atomic E-state index is 0.470. The molecule has 0 aliphatic carbocycles. The molecular weight excluding hydrogens is 338 g/mol. The summed E-state index contributed by atoms with van der Waals surface area (Å²) in [5.41, 5.74) is 6.14. The highest BCUT2D eigenvalue weighted by molar-refractivity contribution is 6.52. The Morgan fingerprint density at radius 3 is 2.26 bits per heavy atom. The molecule has 0 saturated heterocycles. The van der Waals surface area contributed by atoms with Crippen molar-refractivity contribution >= 4 is 17.4 Å². The van der Waals surface area contributed by atoms with Crippen molar-refractivity contribution in [3.05, 3.63) is 82.9 Å². The van der Waals surface area contributed by atoms with Crippen molar-refractivity contribution < 1.29 is 14.3 Å². The first kappa shape index (κ1) is 17.0. The van der Waals surface area contributed by atoms with Crippen LogP contribution in [0.15, 0.2) is 60.7 Å². The number of nitrogens with one attached hydrogen (secondary N) is 1. The third kappa shape index (κ3) is 3.10. The fraction of sp³-hybridized carbons (Fsp3) is 0.130. The van der Waals surface area contributed by atoms with Crippen LogP contribution in [0.4, 0.5) is 5.69 Å². The molecule has 0 saturated carbocycles. The van der Waals surface area contributed by atoms with Crippen molar-refractivity contribution in [1.82, 2.24) is 0 Å². The monoisotopic (exact) mass is 357 g/mol. The molecule has 1 aliphatic heterocycles. The Labute approximate surface area is 157 Å².